The van der Waals surface area contributed by atoms with Crippen molar-refractivity contribution in [3.8, 4) is 0 Å². The maximum Gasteiger partial charge on any atom is 0.152 e. The van der Waals surface area contributed by atoms with Crippen LogP contribution in [0.4, 0.5) is 0 Å². The molecule has 0 aliphatic heterocycles. The molecule has 1 unspecified atom stereocenters. The largest absolute Gasteiger partial charge is 0.459 e. The molecule has 104 valence electrons. The van der Waals surface area contributed by atoms with Crippen molar-refractivity contribution in [2.24, 2.45) is 11.8 Å². The Labute approximate surface area is 120 Å². The average molecular weight is 280 g/mol. The number of para-hydroxylation sites is 1. The van der Waals surface area contributed by atoms with Crippen molar-refractivity contribution >= 4 is 22.6 Å². The highest BCUT2D eigenvalue weighted by Gasteiger charge is 2.10. The number of furan rings is 1. The highest BCUT2D eigenvalue weighted by atomic mass is 35.5. The van der Waals surface area contributed by atoms with Gasteiger partial charge in [-0.2, -0.15) is 0 Å². The fourth-order valence-electron chi connectivity index (χ4n) is 2.22. The third kappa shape index (κ3) is 3.99. The molecule has 0 saturated carbocycles. The van der Waals surface area contributed by atoms with Crippen LogP contribution in [0, 0.1) is 11.8 Å². The van der Waals surface area contributed by atoms with Crippen molar-refractivity contribution in [2.45, 2.75) is 27.2 Å². The van der Waals surface area contributed by atoms with Crippen molar-refractivity contribution in [1.29, 1.82) is 0 Å². The van der Waals surface area contributed by atoms with Gasteiger partial charge in [-0.05, 0) is 37.1 Å². The van der Waals surface area contributed by atoms with Gasteiger partial charge in [0.15, 0.2) is 5.58 Å². The molecule has 19 heavy (non-hydrogen) atoms. The third-order valence-electron chi connectivity index (χ3n) is 3.14. The fourth-order valence-corrected chi connectivity index (χ4v) is 2.44. The van der Waals surface area contributed by atoms with E-state index >= 15 is 0 Å². The molecule has 1 atom stereocenters. The Morgan fingerprint density at radius 1 is 1.21 bits per heavy atom. The molecule has 3 heteroatoms. The smallest absolute Gasteiger partial charge is 0.152 e. The van der Waals surface area contributed by atoms with Crippen LogP contribution in [0.5, 0.6) is 0 Å². The summed E-state index contributed by atoms with van der Waals surface area (Å²) < 4.78 is 5.84. The van der Waals surface area contributed by atoms with Gasteiger partial charge >= 0.3 is 0 Å². The molecule has 2 nitrogen and oxygen atoms in total. The van der Waals surface area contributed by atoms with E-state index in [0.717, 1.165) is 36.2 Å². The minimum atomic E-state index is 0.554. The van der Waals surface area contributed by atoms with E-state index in [2.05, 4.69) is 32.2 Å². The highest BCUT2D eigenvalue weighted by Crippen LogP contribution is 2.27. The second-order valence-corrected chi connectivity index (χ2v) is 6.14. The lowest BCUT2D eigenvalue weighted by molar-refractivity contribution is 0.438. The predicted molar refractivity (Wildman–Crippen MR) is 81.8 cm³/mol. The highest BCUT2D eigenvalue weighted by molar-refractivity contribution is 6.34. The average Bonchev–Trinajstić information content (AvgIpc) is 2.72. The first kappa shape index (κ1) is 14.4. The van der Waals surface area contributed by atoms with Crippen molar-refractivity contribution in [3.05, 3.63) is 35.0 Å². The van der Waals surface area contributed by atoms with Crippen molar-refractivity contribution in [1.82, 2.24) is 5.32 Å². The minimum Gasteiger partial charge on any atom is -0.459 e. The van der Waals surface area contributed by atoms with Crippen LogP contribution < -0.4 is 5.32 Å². The molecular weight excluding hydrogens is 258 g/mol. The summed E-state index contributed by atoms with van der Waals surface area (Å²) in [5.41, 5.74) is 0.807. The standard InChI is InChI=1S/C16H22ClNO/c1-11(2)9-18-10-12(3)7-14-8-13-5-4-6-15(17)16(13)19-14/h4-6,8,11-12,18H,7,9-10H2,1-3H3. The third-order valence-corrected chi connectivity index (χ3v) is 3.44. The molecule has 0 aliphatic carbocycles. The van der Waals surface area contributed by atoms with Crippen LogP contribution in [0.15, 0.2) is 28.7 Å². The molecule has 0 spiro atoms. The Morgan fingerprint density at radius 2 is 2.00 bits per heavy atom. The number of benzene rings is 1. The molecule has 2 aromatic rings. The first-order chi connectivity index (χ1) is 9.06. The van der Waals surface area contributed by atoms with Gasteiger partial charge < -0.3 is 9.73 Å². The number of halogens is 1. The Balaban J connectivity index is 1.95. The molecular formula is C16H22ClNO. The summed E-state index contributed by atoms with van der Waals surface area (Å²) in [5, 5.41) is 5.26. The van der Waals surface area contributed by atoms with Gasteiger partial charge in [0, 0.05) is 11.8 Å². The van der Waals surface area contributed by atoms with Gasteiger partial charge in [-0.3, -0.25) is 0 Å². The summed E-state index contributed by atoms with van der Waals surface area (Å²) in [6.45, 7) is 8.76. The molecule has 1 aromatic heterocycles. The van der Waals surface area contributed by atoms with Crippen LogP contribution >= 0.6 is 11.6 Å². The minimum absolute atomic E-state index is 0.554. The van der Waals surface area contributed by atoms with Gasteiger partial charge in [-0.15, -0.1) is 0 Å². The summed E-state index contributed by atoms with van der Waals surface area (Å²) in [4.78, 5) is 0. The predicted octanol–water partition coefficient (Wildman–Crippen LogP) is 4.51. The second-order valence-electron chi connectivity index (χ2n) is 5.73. The number of fused-ring (bicyclic) bond motifs is 1. The van der Waals surface area contributed by atoms with E-state index in [-0.39, 0.29) is 0 Å². The summed E-state index contributed by atoms with van der Waals surface area (Å²) in [7, 11) is 0. The van der Waals surface area contributed by atoms with Gasteiger partial charge in [-0.25, -0.2) is 0 Å². The molecule has 0 bridgehead atoms. The molecule has 0 fully saturated rings. The normalized spacial score (nSPS) is 13.3. The first-order valence-electron chi connectivity index (χ1n) is 6.94. The van der Waals surface area contributed by atoms with Crippen LogP contribution in [0.25, 0.3) is 11.0 Å². The van der Waals surface area contributed by atoms with E-state index < -0.39 is 0 Å². The molecule has 0 amide bonds. The Hall–Kier alpha value is -0.990. The Kier molecular flexibility index (Phi) is 4.89. The van der Waals surface area contributed by atoms with E-state index in [9.17, 15) is 0 Å². The lowest BCUT2D eigenvalue weighted by Crippen LogP contribution is -2.26. The van der Waals surface area contributed by atoms with E-state index in [0.29, 0.717) is 16.9 Å². The summed E-state index contributed by atoms with van der Waals surface area (Å²) in [6, 6.07) is 7.96. The molecule has 0 aliphatic rings. The zero-order chi connectivity index (χ0) is 13.8. The lowest BCUT2D eigenvalue weighted by atomic mass is 10.1. The first-order valence-corrected chi connectivity index (χ1v) is 7.31. The number of hydrogen-bond donors (Lipinski definition) is 1. The summed E-state index contributed by atoms with van der Waals surface area (Å²) in [5.74, 6) is 2.26. The molecule has 0 saturated heterocycles. The van der Waals surface area contributed by atoms with Crippen LogP contribution in [-0.4, -0.2) is 13.1 Å². The quantitative estimate of drug-likeness (QED) is 0.842. The van der Waals surface area contributed by atoms with Crippen molar-refractivity contribution in [2.75, 3.05) is 13.1 Å². The summed E-state index contributed by atoms with van der Waals surface area (Å²) >= 11 is 6.12. The topological polar surface area (TPSA) is 25.2 Å². The van der Waals surface area contributed by atoms with Crippen LogP contribution in [-0.2, 0) is 6.42 Å². The van der Waals surface area contributed by atoms with E-state index in [1.807, 2.05) is 18.2 Å². The Bertz CT molecular complexity index is 533. The van der Waals surface area contributed by atoms with Crippen LogP contribution in [0.3, 0.4) is 0 Å². The maximum absolute atomic E-state index is 6.12. The van der Waals surface area contributed by atoms with E-state index in [4.69, 9.17) is 16.0 Å². The Morgan fingerprint density at radius 3 is 2.68 bits per heavy atom. The fraction of sp³-hybridized carbons (Fsp3) is 0.500. The second kappa shape index (κ2) is 6.44. The molecule has 1 aromatic carbocycles. The van der Waals surface area contributed by atoms with Crippen molar-refractivity contribution in [3.63, 3.8) is 0 Å². The zero-order valence-electron chi connectivity index (χ0n) is 11.9. The van der Waals surface area contributed by atoms with E-state index in [1.165, 1.54) is 0 Å². The van der Waals surface area contributed by atoms with E-state index in [1.54, 1.807) is 0 Å². The number of rotatable bonds is 6. The zero-order valence-corrected chi connectivity index (χ0v) is 12.6. The van der Waals surface area contributed by atoms with Gasteiger partial charge in [0.25, 0.3) is 0 Å². The molecule has 2 rings (SSSR count). The lowest BCUT2D eigenvalue weighted by Gasteiger charge is -2.12. The van der Waals surface area contributed by atoms with Gasteiger partial charge in [-0.1, -0.05) is 44.5 Å². The maximum atomic E-state index is 6.12. The molecule has 1 N–H and O–H groups in total. The van der Waals surface area contributed by atoms with Gasteiger partial charge in [0.2, 0.25) is 0 Å². The van der Waals surface area contributed by atoms with Gasteiger partial charge in [0.1, 0.15) is 5.76 Å². The molecule has 0 radical (unpaired) electrons. The summed E-state index contributed by atoms with van der Waals surface area (Å²) in [6.07, 6.45) is 0.941. The van der Waals surface area contributed by atoms with Crippen LogP contribution in [0.1, 0.15) is 26.5 Å². The monoisotopic (exact) mass is 279 g/mol. The SMILES string of the molecule is CC(C)CNCC(C)Cc1cc2cccc(Cl)c2o1. The van der Waals surface area contributed by atoms with Crippen molar-refractivity contribution < 1.29 is 4.42 Å². The van der Waals surface area contributed by atoms with Gasteiger partial charge in [0.05, 0.1) is 5.02 Å². The molecule has 1 heterocycles. The number of hydrogen-bond acceptors (Lipinski definition) is 2. The number of nitrogens with one attached hydrogen (secondary N) is 1. The van der Waals surface area contributed by atoms with Crippen LogP contribution in [0.2, 0.25) is 5.02 Å².